The summed E-state index contributed by atoms with van der Waals surface area (Å²) in [6, 6.07) is 19.3. The Labute approximate surface area is 218 Å². The maximum Gasteiger partial charge on any atom is 0.102 e. The molecule has 0 radical (unpaired) electrons. The van der Waals surface area contributed by atoms with Crippen LogP contribution in [0.5, 0.6) is 0 Å². The molecule has 6 nitrogen and oxygen atoms in total. The molecule has 0 fully saturated rings. The molecule has 0 N–H and O–H groups in total. The van der Waals surface area contributed by atoms with Crippen LogP contribution < -0.4 is 0 Å². The summed E-state index contributed by atoms with van der Waals surface area (Å²) in [6.07, 6.45) is -0.0799. The lowest BCUT2D eigenvalue weighted by atomic mass is 9.92. The van der Waals surface area contributed by atoms with Crippen LogP contribution in [0.4, 0.5) is 0 Å². The minimum Gasteiger partial charge on any atom is -0.382 e. The molecule has 0 spiro atoms. The summed E-state index contributed by atoms with van der Waals surface area (Å²) in [5.41, 5.74) is 3.38. The normalized spacial score (nSPS) is 13.9. The third-order valence-corrected chi connectivity index (χ3v) is 5.85. The first-order chi connectivity index (χ1) is 17.2. The number of nitrogens with zero attached hydrogens (tertiary/aromatic N) is 1. The topological polar surface area (TPSA) is 49.4 Å². The van der Waals surface area contributed by atoms with Crippen LogP contribution in [0, 0.1) is 5.92 Å². The Hall–Kier alpha value is -1.80. The number of hydrogen-bond acceptors (Lipinski definition) is 6. The van der Waals surface area contributed by atoms with E-state index in [0.29, 0.717) is 52.2 Å². The third-order valence-electron chi connectivity index (χ3n) is 5.85. The predicted octanol–water partition coefficient (Wildman–Crippen LogP) is 6.37. The monoisotopic (exact) mass is 501 g/mol. The van der Waals surface area contributed by atoms with Crippen LogP contribution in [0.1, 0.15) is 70.4 Å². The van der Waals surface area contributed by atoms with Gasteiger partial charge in [-0.3, -0.25) is 4.84 Å². The lowest BCUT2D eigenvalue weighted by Crippen LogP contribution is -2.46. The molecule has 0 bridgehead atoms. The van der Waals surface area contributed by atoms with Gasteiger partial charge in [0.25, 0.3) is 0 Å². The van der Waals surface area contributed by atoms with E-state index in [1.165, 1.54) is 5.56 Å². The van der Waals surface area contributed by atoms with Gasteiger partial charge in [0.05, 0.1) is 52.3 Å². The Bertz CT molecular complexity index is 819. The van der Waals surface area contributed by atoms with E-state index in [0.717, 1.165) is 11.1 Å². The molecule has 2 aromatic carbocycles. The Morgan fingerprint density at radius 1 is 0.694 bits per heavy atom. The number of ether oxygens (including phenoxy) is 4. The zero-order valence-corrected chi connectivity index (χ0v) is 23.4. The number of hydroxylamine groups is 2. The van der Waals surface area contributed by atoms with E-state index in [1.807, 2.05) is 0 Å². The molecule has 0 aromatic heterocycles. The molecule has 2 aromatic rings. The zero-order chi connectivity index (χ0) is 26.4. The van der Waals surface area contributed by atoms with Crippen molar-refractivity contribution in [1.29, 1.82) is 0 Å². The van der Waals surface area contributed by atoms with Crippen LogP contribution in [0.25, 0.3) is 0 Å². The average Bonchev–Trinajstić information content (AvgIpc) is 2.85. The quantitative estimate of drug-likeness (QED) is 0.185. The standard InChI is InChI=1S/C30H47NO5/c1-24(2)29(28-11-9-8-10-12-28)31(30(4,5)6)36-25(3)27-15-13-26(14-16-27)23-35-22-21-34-20-19-33-18-17-32-7/h8-16,24-25,29H,17-23H2,1-7H3. The molecule has 0 amide bonds. The summed E-state index contributed by atoms with van der Waals surface area (Å²) in [7, 11) is 1.66. The van der Waals surface area contributed by atoms with Crippen molar-refractivity contribution in [3.63, 3.8) is 0 Å². The number of rotatable bonds is 17. The molecule has 0 heterocycles. The highest BCUT2D eigenvalue weighted by atomic mass is 16.7. The summed E-state index contributed by atoms with van der Waals surface area (Å²) < 4.78 is 21.6. The minimum absolute atomic E-state index is 0.0799. The van der Waals surface area contributed by atoms with Crippen LogP contribution in [0.2, 0.25) is 0 Å². The van der Waals surface area contributed by atoms with Gasteiger partial charge >= 0.3 is 0 Å². The van der Waals surface area contributed by atoms with E-state index in [-0.39, 0.29) is 17.7 Å². The van der Waals surface area contributed by atoms with Gasteiger partial charge in [0, 0.05) is 12.6 Å². The third kappa shape index (κ3) is 10.7. The van der Waals surface area contributed by atoms with Crippen molar-refractivity contribution in [3.8, 4) is 0 Å². The lowest BCUT2D eigenvalue weighted by molar-refractivity contribution is -0.272. The first-order valence-electron chi connectivity index (χ1n) is 13.1. The second-order valence-electron chi connectivity index (χ2n) is 10.4. The number of hydrogen-bond donors (Lipinski definition) is 0. The summed E-state index contributed by atoms with van der Waals surface area (Å²) in [6.45, 7) is 17.2. The molecule has 2 unspecified atom stereocenters. The summed E-state index contributed by atoms with van der Waals surface area (Å²) in [4.78, 5) is 6.65. The predicted molar refractivity (Wildman–Crippen MR) is 145 cm³/mol. The molecule has 36 heavy (non-hydrogen) atoms. The molecule has 0 saturated heterocycles. The molecular weight excluding hydrogens is 454 g/mol. The second-order valence-corrected chi connectivity index (χ2v) is 10.4. The van der Waals surface area contributed by atoms with Crippen molar-refractivity contribution in [2.45, 2.75) is 65.8 Å². The Morgan fingerprint density at radius 2 is 1.25 bits per heavy atom. The molecule has 0 aliphatic rings. The van der Waals surface area contributed by atoms with Crippen LogP contribution in [-0.4, -0.2) is 57.4 Å². The Balaban J connectivity index is 1.86. The first kappa shape index (κ1) is 30.4. The van der Waals surface area contributed by atoms with E-state index in [2.05, 4.69) is 101 Å². The molecular formula is C30H47NO5. The van der Waals surface area contributed by atoms with Crippen molar-refractivity contribution >= 4 is 0 Å². The molecule has 0 saturated carbocycles. The summed E-state index contributed by atoms with van der Waals surface area (Å²) >= 11 is 0. The smallest absolute Gasteiger partial charge is 0.102 e. The number of benzene rings is 2. The van der Waals surface area contributed by atoms with Crippen LogP contribution in [0.15, 0.2) is 54.6 Å². The molecule has 2 atom stereocenters. The highest BCUT2D eigenvalue weighted by Crippen LogP contribution is 2.37. The van der Waals surface area contributed by atoms with Crippen molar-refractivity contribution < 1.29 is 23.8 Å². The van der Waals surface area contributed by atoms with Gasteiger partial charge in [-0.05, 0) is 50.3 Å². The zero-order valence-electron chi connectivity index (χ0n) is 23.4. The van der Waals surface area contributed by atoms with E-state index >= 15 is 0 Å². The molecule has 202 valence electrons. The van der Waals surface area contributed by atoms with E-state index in [1.54, 1.807) is 7.11 Å². The second kappa shape index (κ2) is 16.1. The highest BCUT2D eigenvalue weighted by molar-refractivity contribution is 5.24. The van der Waals surface area contributed by atoms with Crippen LogP contribution in [-0.2, 0) is 30.4 Å². The van der Waals surface area contributed by atoms with Gasteiger partial charge in [0.2, 0.25) is 0 Å². The maximum atomic E-state index is 6.65. The number of methoxy groups -OCH3 is 1. The largest absolute Gasteiger partial charge is 0.382 e. The Morgan fingerprint density at radius 3 is 1.78 bits per heavy atom. The van der Waals surface area contributed by atoms with Gasteiger partial charge in [0.15, 0.2) is 0 Å². The fourth-order valence-corrected chi connectivity index (χ4v) is 3.97. The van der Waals surface area contributed by atoms with E-state index in [4.69, 9.17) is 23.8 Å². The average molecular weight is 502 g/mol. The fraction of sp³-hybridized carbons (Fsp3) is 0.600. The highest BCUT2D eigenvalue weighted by Gasteiger charge is 2.34. The Kier molecular flexibility index (Phi) is 13.6. The van der Waals surface area contributed by atoms with Gasteiger partial charge in [-0.15, -0.1) is 0 Å². The van der Waals surface area contributed by atoms with Crippen molar-refractivity contribution in [3.05, 3.63) is 71.3 Å². The van der Waals surface area contributed by atoms with E-state index in [9.17, 15) is 0 Å². The summed E-state index contributed by atoms with van der Waals surface area (Å²) in [5.74, 6) is 0.394. The van der Waals surface area contributed by atoms with Crippen molar-refractivity contribution in [2.24, 2.45) is 5.92 Å². The fourth-order valence-electron chi connectivity index (χ4n) is 3.97. The molecule has 6 heteroatoms. The molecule has 0 aliphatic carbocycles. The van der Waals surface area contributed by atoms with Crippen LogP contribution in [0.3, 0.4) is 0 Å². The van der Waals surface area contributed by atoms with Gasteiger partial charge in [-0.1, -0.05) is 68.4 Å². The van der Waals surface area contributed by atoms with Gasteiger partial charge in [-0.25, -0.2) is 0 Å². The first-order valence-corrected chi connectivity index (χ1v) is 13.1. The molecule has 2 rings (SSSR count). The van der Waals surface area contributed by atoms with Gasteiger partial charge < -0.3 is 18.9 Å². The van der Waals surface area contributed by atoms with Gasteiger partial charge in [0.1, 0.15) is 6.10 Å². The van der Waals surface area contributed by atoms with E-state index < -0.39 is 0 Å². The maximum absolute atomic E-state index is 6.65. The molecule has 0 aliphatic heterocycles. The lowest BCUT2D eigenvalue weighted by Gasteiger charge is -2.44. The van der Waals surface area contributed by atoms with Gasteiger partial charge in [-0.2, -0.15) is 5.06 Å². The minimum atomic E-state index is -0.162. The SMILES string of the molecule is COCCOCCOCCOCc1ccc(C(C)ON(C(c2ccccc2)C(C)C)C(C)(C)C)cc1. The summed E-state index contributed by atoms with van der Waals surface area (Å²) in [5, 5.41) is 2.18. The van der Waals surface area contributed by atoms with Crippen molar-refractivity contribution in [2.75, 3.05) is 46.8 Å². The van der Waals surface area contributed by atoms with Crippen molar-refractivity contribution in [1.82, 2.24) is 5.06 Å². The van der Waals surface area contributed by atoms with Crippen LogP contribution >= 0.6 is 0 Å².